The summed E-state index contributed by atoms with van der Waals surface area (Å²) in [4.78, 5) is 26.2. The van der Waals surface area contributed by atoms with Gasteiger partial charge in [0.2, 0.25) is 11.8 Å². The van der Waals surface area contributed by atoms with Crippen molar-refractivity contribution in [2.45, 2.75) is 45.2 Å². The highest BCUT2D eigenvalue weighted by atomic mass is 35.5. The largest absolute Gasteiger partial charge is 0.354 e. The van der Waals surface area contributed by atoms with Crippen molar-refractivity contribution in [3.8, 4) is 0 Å². The van der Waals surface area contributed by atoms with Crippen molar-refractivity contribution in [1.29, 1.82) is 0 Å². The van der Waals surface area contributed by atoms with Crippen LogP contribution in [0.4, 0.5) is 0 Å². The molecule has 3 N–H and O–H groups in total. The fourth-order valence-electron chi connectivity index (χ4n) is 2.81. The number of halogens is 1. The first-order valence-corrected chi connectivity index (χ1v) is 8.35. The van der Waals surface area contributed by atoms with Crippen LogP contribution in [0.3, 0.4) is 0 Å². The van der Waals surface area contributed by atoms with E-state index in [4.69, 9.17) is 5.73 Å². The maximum atomic E-state index is 12.3. The van der Waals surface area contributed by atoms with Crippen LogP contribution in [0.25, 0.3) is 0 Å². The number of carbonyl (C=O) groups excluding carboxylic acids is 2. The molecular weight excluding hydrogens is 326 g/mol. The molecule has 1 atom stereocenters. The molecule has 0 saturated carbocycles. The fourth-order valence-corrected chi connectivity index (χ4v) is 2.81. The number of nitrogens with one attached hydrogen (secondary N) is 1. The number of carbonyl (C=O) groups is 2. The summed E-state index contributed by atoms with van der Waals surface area (Å²) in [6, 6.07) is 9.84. The first-order chi connectivity index (χ1) is 11.0. The van der Waals surface area contributed by atoms with Gasteiger partial charge in [0.1, 0.15) is 0 Å². The average Bonchev–Trinajstić information content (AvgIpc) is 2.94. The molecule has 1 unspecified atom stereocenters. The first kappa shape index (κ1) is 20.5. The molecule has 134 valence electrons. The summed E-state index contributed by atoms with van der Waals surface area (Å²) in [5.74, 6) is -0.297. The molecule has 24 heavy (non-hydrogen) atoms. The highest BCUT2D eigenvalue weighted by molar-refractivity contribution is 5.89. The molecule has 5 nitrogen and oxygen atoms in total. The zero-order chi connectivity index (χ0) is 16.9. The van der Waals surface area contributed by atoms with Gasteiger partial charge in [-0.25, -0.2) is 0 Å². The Hall–Kier alpha value is -1.59. The molecule has 1 aromatic rings. The quantitative estimate of drug-likeness (QED) is 0.788. The minimum absolute atomic E-state index is 0. The summed E-state index contributed by atoms with van der Waals surface area (Å²) in [6.07, 6.45) is 1.91. The second-order valence-electron chi connectivity index (χ2n) is 6.45. The van der Waals surface area contributed by atoms with E-state index in [9.17, 15) is 9.59 Å². The van der Waals surface area contributed by atoms with Crippen LogP contribution in [0, 0.1) is 5.92 Å². The second kappa shape index (κ2) is 9.04. The van der Waals surface area contributed by atoms with Crippen molar-refractivity contribution in [3.63, 3.8) is 0 Å². The maximum absolute atomic E-state index is 12.3. The lowest BCUT2D eigenvalue weighted by Crippen LogP contribution is -2.50. The number of likely N-dealkylation sites (tertiary alicyclic amines) is 1. The van der Waals surface area contributed by atoms with Gasteiger partial charge in [0.15, 0.2) is 0 Å². The van der Waals surface area contributed by atoms with Crippen molar-refractivity contribution in [2.24, 2.45) is 11.7 Å². The summed E-state index contributed by atoms with van der Waals surface area (Å²) in [5.41, 5.74) is 6.93. The molecule has 0 aliphatic carbocycles. The molecule has 2 amide bonds. The van der Waals surface area contributed by atoms with E-state index in [1.165, 1.54) is 0 Å². The highest BCUT2D eigenvalue weighted by Gasteiger charge is 2.34. The van der Waals surface area contributed by atoms with E-state index in [1.54, 1.807) is 4.90 Å². The van der Waals surface area contributed by atoms with E-state index in [0.29, 0.717) is 19.6 Å². The number of nitrogens with two attached hydrogens (primary N) is 1. The van der Waals surface area contributed by atoms with Crippen LogP contribution >= 0.6 is 12.4 Å². The van der Waals surface area contributed by atoms with Gasteiger partial charge in [-0.2, -0.15) is 0 Å². The Morgan fingerprint density at radius 1 is 1.29 bits per heavy atom. The van der Waals surface area contributed by atoms with Crippen LogP contribution in [0.1, 0.15) is 38.7 Å². The summed E-state index contributed by atoms with van der Waals surface area (Å²) >= 11 is 0. The summed E-state index contributed by atoms with van der Waals surface area (Å²) in [6.45, 7) is 5.55. The number of benzene rings is 1. The Bertz CT molecular complexity index is 546. The minimum atomic E-state index is -0.359. The van der Waals surface area contributed by atoms with E-state index in [0.717, 1.165) is 18.4 Å². The molecule has 1 fully saturated rings. The Morgan fingerprint density at radius 2 is 1.92 bits per heavy atom. The van der Waals surface area contributed by atoms with Gasteiger partial charge < -0.3 is 16.0 Å². The van der Waals surface area contributed by atoms with Crippen molar-refractivity contribution in [3.05, 3.63) is 35.9 Å². The third-order valence-corrected chi connectivity index (χ3v) is 4.82. The van der Waals surface area contributed by atoms with Gasteiger partial charge in [-0.3, -0.25) is 9.59 Å². The third-order valence-electron chi connectivity index (χ3n) is 4.82. The SMILES string of the molecule is CCC(N)(CC)CNC(=O)C1CC(=O)N(Cc2ccccc2)C1.Cl. The van der Waals surface area contributed by atoms with E-state index < -0.39 is 0 Å². The van der Waals surface area contributed by atoms with Gasteiger partial charge in [-0.15, -0.1) is 12.4 Å². The number of nitrogens with zero attached hydrogens (tertiary/aromatic N) is 1. The van der Waals surface area contributed by atoms with Gasteiger partial charge in [0.05, 0.1) is 5.92 Å². The molecule has 1 saturated heterocycles. The molecular formula is C18H28ClN3O2. The van der Waals surface area contributed by atoms with Gasteiger partial charge in [0.25, 0.3) is 0 Å². The van der Waals surface area contributed by atoms with E-state index in [1.807, 2.05) is 44.2 Å². The lowest BCUT2D eigenvalue weighted by Gasteiger charge is -2.27. The molecule has 1 heterocycles. The molecule has 0 aromatic heterocycles. The van der Waals surface area contributed by atoms with Gasteiger partial charge >= 0.3 is 0 Å². The predicted molar refractivity (Wildman–Crippen MR) is 97.7 cm³/mol. The second-order valence-corrected chi connectivity index (χ2v) is 6.45. The third kappa shape index (κ3) is 5.21. The Kier molecular flexibility index (Phi) is 7.70. The average molecular weight is 354 g/mol. The van der Waals surface area contributed by atoms with E-state index >= 15 is 0 Å². The lowest BCUT2D eigenvalue weighted by molar-refractivity contribution is -0.129. The van der Waals surface area contributed by atoms with E-state index in [-0.39, 0.29) is 42.1 Å². The topological polar surface area (TPSA) is 75.4 Å². The van der Waals surface area contributed by atoms with Crippen LogP contribution in [0.5, 0.6) is 0 Å². The summed E-state index contributed by atoms with van der Waals surface area (Å²) in [5, 5.41) is 2.93. The molecule has 1 aliphatic heterocycles. The summed E-state index contributed by atoms with van der Waals surface area (Å²) < 4.78 is 0. The Morgan fingerprint density at radius 3 is 2.50 bits per heavy atom. The van der Waals surface area contributed by atoms with Crippen molar-refractivity contribution < 1.29 is 9.59 Å². The van der Waals surface area contributed by atoms with E-state index in [2.05, 4.69) is 5.32 Å². The standard InChI is InChI=1S/C18H27N3O2.ClH/c1-3-18(19,4-2)13-20-17(23)15-10-16(22)21(12-15)11-14-8-6-5-7-9-14;/h5-9,15H,3-4,10-13,19H2,1-2H3,(H,20,23);1H. The number of hydrogen-bond acceptors (Lipinski definition) is 3. The first-order valence-electron chi connectivity index (χ1n) is 8.35. The Balaban J connectivity index is 0.00000288. The Labute approximate surface area is 150 Å². The van der Waals surface area contributed by atoms with Crippen LogP contribution < -0.4 is 11.1 Å². The molecule has 1 aliphatic rings. The smallest absolute Gasteiger partial charge is 0.225 e. The number of amides is 2. The number of rotatable bonds is 7. The van der Waals surface area contributed by atoms with Crippen LogP contribution in [-0.4, -0.2) is 35.3 Å². The zero-order valence-corrected chi connectivity index (χ0v) is 15.3. The van der Waals surface area contributed by atoms with Crippen molar-refractivity contribution >= 4 is 24.2 Å². The molecule has 0 bridgehead atoms. The zero-order valence-electron chi connectivity index (χ0n) is 14.5. The molecule has 2 rings (SSSR count). The molecule has 0 radical (unpaired) electrons. The van der Waals surface area contributed by atoms with Gasteiger partial charge in [-0.05, 0) is 18.4 Å². The lowest BCUT2D eigenvalue weighted by atomic mass is 9.94. The van der Waals surface area contributed by atoms with Crippen LogP contribution in [-0.2, 0) is 16.1 Å². The predicted octanol–water partition coefficient (Wildman–Crippen LogP) is 2.09. The van der Waals surface area contributed by atoms with Gasteiger partial charge in [-0.1, -0.05) is 44.2 Å². The van der Waals surface area contributed by atoms with Crippen LogP contribution in [0.15, 0.2) is 30.3 Å². The molecule has 0 spiro atoms. The fraction of sp³-hybridized carbons (Fsp3) is 0.556. The summed E-state index contributed by atoms with van der Waals surface area (Å²) in [7, 11) is 0. The van der Waals surface area contributed by atoms with Crippen molar-refractivity contribution in [1.82, 2.24) is 10.2 Å². The molecule has 6 heteroatoms. The normalized spacial score (nSPS) is 17.5. The minimum Gasteiger partial charge on any atom is -0.354 e. The molecule has 1 aromatic carbocycles. The van der Waals surface area contributed by atoms with Crippen LogP contribution in [0.2, 0.25) is 0 Å². The van der Waals surface area contributed by atoms with Crippen molar-refractivity contribution in [2.75, 3.05) is 13.1 Å². The highest BCUT2D eigenvalue weighted by Crippen LogP contribution is 2.20. The van der Waals surface area contributed by atoms with Gasteiger partial charge in [0, 0.05) is 31.6 Å². The maximum Gasteiger partial charge on any atom is 0.225 e. The number of hydrogen-bond donors (Lipinski definition) is 2. The monoisotopic (exact) mass is 353 g/mol.